The van der Waals surface area contributed by atoms with E-state index in [-0.39, 0.29) is 21.9 Å². The van der Waals surface area contributed by atoms with Gasteiger partial charge in [0.15, 0.2) is 11.4 Å². The van der Waals surface area contributed by atoms with Gasteiger partial charge in [0.05, 0.1) is 5.02 Å². The smallest absolute Gasteiger partial charge is 0.336 e. The fourth-order valence-corrected chi connectivity index (χ4v) is 1.71. The highest BCUT2D eigenvalue weighted by molar-refractivity contribution is 6.34. The Morgan fingerprint density at radius 2 is 2.12 bits per heavy atom. The first kappa shape index (κ1) is 10.7. The highest BCUT2D eigenvalue weighted by Crippen LogP contribution is 2.34. The van der Waals surface area contributed by atoms with Gasteiger partial charge in [-0.2, -0.15) is 0 Å². The van der Waals surface area contributed by atoms with Crippen LogP contribution in [-0.2, 0) is 0 Å². The number of rotatable bonds is 1. The Morgan fingerprint density at radius 3 is 2.75 bits per heavy atom. The van der Waals surface area contributed by atoms with E-state index in [4.69, 9.17) is 16.0 Å². The molecule has 0 saturated carbocycles. The average molecular weight is 239 g/mol. The summed E-state index contributed by atoms with van der Waals surface area (Å²) in [6.07, 6.45) is 0. The zero-order chi connectivity index (χ0) is 11.9. The lowest BCUT2D eigenvalue weighted by Gasteiger charge is -2.06. The summed E-state index contributed by atoms with van der Waals surface area (Å²) in [7, 11) is 0. The SMILES string of the molecule is CC(=O)c1c(O)c(Cl)cc2ccc(=O)oc12. The maximum absolute atomic E-state index is 11.4. The molecule has 0 fully saturated rings. The number of Topliss-reactive ketones (excluding diaryl/α,β-unsaturated/α-hetero) is 1. The lowest BCUT2D eigenvalue weighted by Crippen LogP contribution is -2.00. The van der Waals surface area contributed by atoms with Crippen LogP contribution in [0.4, 0.5) is 0 Å². The number of benzene rings is 1. The van der Waals surface area contributed by atoms with Crippen LogP contribution < -0.4 is 5.63 Å². The number of phenols is 1. The second-order valence-corrected chi connectivity index (χ2v) is 3.72. The molecule has 0 aliphatic carbocycles. The average Bonchev–Trinajstić information content (AvgIpc) is 2.20. The number of halogens is 1. The molecule has 2 aromatic rings. The topological polar surface area (TPSA) is 67.5 Å². The quantitative estimate of drug-likeness (QED) is 0.612. The normalized spacial score (nSPS) is 10.6. The second kappa shape index (κ2) is 3.64. The molecule has 0 aliphatic rings. The third-order valence-electron chi connectivity index (χ3n) is 2.19. The summed E-state index contributed by atoms with van der Waals surface area (Å²) in [5.74, 6) is -0.782. The van der Waals surface area contributed by atoms with Crippen LogP contribution in [-0.4, -0.2) is 10.9 Å². The molecular formula is C11H7ClO4. The Kier molecular flexibility index (Phi) is 2.44. The Hall–Kier alpha value is -1.81. The summed E-state index contributed by atoms with van der Waals surface area (Å²) in [5, 5.41) is 10.2. The number of carbonyl (C=O) groups excluding carboxylic acids is 1. The zero-order valence-corrected chi connectivity index (χ0v) is 9.04. The largest absolute Gasteiger partial charge is 0.505 e. The van der Waals surface area contributed by atoms with Crippen molar-refractivity contribution in [1.82, 2.24) is 0 Å². The number of fused-ring (bicyclic) bond motifs is 1. The standard InChI is InChI=1S/C11H7ClO4/c1-5(13)9-10(15)7(12)4-6-2-3-8(14)16-11(6)9/h2-4,15H,1H3. The van der Waals surface area contributed by atoms with Crippen molar-refractivity contribution < 1.29 is 14.3 Å². The van der Waals surface area contributed by atoms with Gasteiger partial charge in [-0.05, 0) is 19.1 Å². The van der Waals surface area contributed by atoms with Crippen LogP contribution in [0.2, 0.25) is 5.02 Å². The summed E-state index contributed by atoms with van der Waals surface area (Å²) in [4.78, 5) is 22.4. The van der Waals surface area contributed by atoms with Crippen LogP contribution >= 0.6 is 11.6 Å². The van der Waals surface area contributed by atoms with Gasteiger partial charge in [-0.3, -0.25) is 4.79 Å². The summed E-state index contributed by atoms with van der Waals surface area (Å²) in [5.41, 5.74) is -0.598. The van der Waals surface area contributed by atoms with Crippen LogP contribution in [0, 0.1) is 0 Å². The third kappa shape index (κ3) is 1.57. The van der Waals surface area contributed by atoms with Gasteiger partial charge in [0.25, 0.3) is 0 Å². The minimum atomic E-state index is -0.586. The maximum Gasteiger partial charge on any atom is 0.336 e. The molecule has 2 rings (SSSR count). The Labute approximate surface area is 95.1 Å². The maximum atomic E-state index is 11.4. The van der Waals surface area contributed by atoms with E-state index in [1.54, 1.807) is 0 Å². The lowest BCUT2D eigenvalue weighted by molar-refractivity contribution is 0.101. The molecule has 0 aliphatic heterocycles. The molecule has 4 nitrogen and oxygen atoms in total. The molecule has 1 N–H and O–H groups in total. The fourth-order valence-electron chi connectivity index (χ4n) is 1.49. The van der Waals surface area contributed by atoms with Crippen molar-refractivity contribution in [2.45, 2.75) is 6.92 Å². The van der Waals surface area contributed by atoms with E-state index in [1.165, 1.54) is 25.1 Å². The van der Waals surface area contributed by atoms with E-state index in [1.807, 2.05) is 0 Å². The van der Waals surface area contributed by atoms with Crippen molar-refractivity contribution in [2.75, 3.05) is 0 Å². The van der Waals surface area contributed by atoms with Crippen LogP contribution in [0.25, 0.3) is 11.0 Å². The zero-order valence-electron chi connectivity index (χ0n) is 8.28. The highest BCUT2D eigenvalue weighted by Gasteiger charge is 2.17. The number of carbonyl (C=O) groups is 1. The molecule has 0 amide bonds. The monoisotopic (exact) mass is 238 g/mol. The first-order chi connectivity index (χ1) is 7.50. The van der Waals surface area contributed by atoms with Crippen molar-refractivity contribution in [3.63, 3.8) is 0 Å². The Balaban J connectivity index is 3.02. The molecule has 5 heteroatoms. The molecule has 0 unspecified atom stereocenters. The van der Waals surface area contributed by atoms with Crippen LogP contribution in [0.15, 0.2) is 27.4 Å². The Morgan fingerprint density at radius 1 is 1.44 bits per heavy atom. The van der Waals surface area contributed by atoms with Crippen molar-refractivity contribution in [3.8, 4) is 5.75 Å². The molecule has 0 bridgehead atoms. The molecule has 0 atom stereocenters. The van der Waals surface area contributed by atoms with Gasteiger partial charge in [-0.1, -0.05) is 11.6 Å². The summed E-state index contributed by atoms with van der Waals surface area (Å²) >= 11 is 5.75. The van der Waals surface area contributed by atoms with Gasteiger partial charge >= 0.3 is 5.63 Å². The summed E-state index contributed by atoms with van der Waals surface area (Å²) in [6, 6.07) is 4.14. The van der Waals surface area contributed by atoms with E-state index in [9.17, 15) is 14.7 Å². The number of phenolic OH excluding ortho intramolecular Hbond substituents is 1. The highest BCUT2D eigenvalue weighted by atomic mass is 35.5. The first-order valence-corrected chi connectivity index (χ1v) is 4.85. The number of aromatic hydroxyl groups is 1. The van der Waals surface area contributed by atoms with Gasteiger partial charge in [0, 0.05) is 11.5 Å². The summed E-state index contributed by atoms with van der Waals surface area (Å²) in [6.45, 7) is 1.26. The predicted octanol–water partition coefficient (Wildman–Crippen LogP) is 2.35. The van der Waals surface area contributed by atoms with Gasteiger partial charge in [-0.15, -0.1) is 0 Å². The third-order valence-corrected chi connectivity index (χ3v) is 2.48. The minimum absolute atomic E-state index is 0.0477. The van der Waals surface area contributed by atoms with Gasteiger partial charge in [-0.25, -0.2) is 4.79 Å². The van der Waals surface area contributed by atoms with E-state index in [0.717, 1.165) is 0 Å². The molecule has 16 heavy (non-hydrogen) atoms. The summed E-state index contributed by atoms with van der Waals surface area (Å²) < 4.78 is 4.89. The first-order valence-electron chi connectivity index (χ1n) is 4.47. The predicted molar refractivity (Wildman–Crippen MR) is 59.2 cm³/mol. The van der Waals surface area contributed by atoms with Crippen molar-refractivity contribution in [2.24, 2.45) is 0 Å². The van der Waals surface area contributed by atoms with Crippen molar-refractivity contribution in [3.05, 3.63) is 39.2 Å². The minimum Gasteiger partial charge on any atom is -0.505 e. The molecule has 1 aromatic heterocycles. The number of ketones is 1. The van der Waals surface area contributed by atoms with Gasteiger partial charge < -0.3 is 9.52 Å². The van der Waals surface area contributed by atoms with Crippen LogP contribution in [0.1, 0.15) is 17.3 Å². The molecule has 0 radical (unpaired) electrons. The Bertz CT molecular complexity index is 642. The fraction of sp³-hybridized carbons (Fsp3) is 0.0909. The lowest BCUT2D eigenvalue weighted by atomic mass is 10.1. The number of hydrogen-bond donors (Lipinski definition) is 1. The molecule has 0 spiro atoms. The van der Waals surface area contributed by atoms with Gasteiger partial charge in [0.2, 0.25) is 0 Å². The van der Waals surface area contributed by atoms with Crippen LogP contribution in [0.3, 0.4) is 0 Å². The molecule has 1 heterocycles. The van der Waals surface area contributed by atoms with Gasteiger partial charge in [0.1, 0.15) is 11.3 Å². The van der Waals surface area contributed by atoms with E-state index < -0.39 is 11.4 Å². The molecule has 82 valence electrons. The second-order valence-electron chi connectivity index (χ2n) is 3.31. The van der Waals surface area contributed by atoms with Crippen LogP contribution in [0.5, 0.6) is 5.75 Å². The van der Waals surface area contributed by atoms with E-state index >= 15 is 0 Å². The molecule has 0 saturated heterocycles. The van der Waals surface area contributed by atoms with Crippen molar-refractivity contribution in [1.29, 1.82) is 0 Å². The van der Waals surface area contributed by atoms with E-state index in [0.29, 0.717) is 5.39 Å². The number of hydrogen-bond acceptors (Lipinski definition) is 4. The van der Waals surface area contributed by atoms with E-state index in [2.05, 4.69) is 0 Å². The van der Waals surface area contributed by atoms with Crippen molar-refractivity contribution >= 4 is 28.4 Å². The molecular weight excluding hydrogens is 232 g/mol. The molecule has 1 aromatic carbocycles.